The molecule has 0 unspecified atom stereocenters. The first-order valence-corrected chi connectivity index (χ1v) is 13.0. The van der Waals surface area contributed by atoms with E-state index >= 15 is 0 Å². The van der Waals surface area contributed by atoms with Crippen molar-refractivity contribution in [1.82, 2.24) is 0 Å². The number of nitro benzene ring substituents is 1. The summed E-state index contributed by atoms with van der Waals surface area (Å²) in [7, 11) is 0. The largest absolute Gasteiger partial charge is 0.519 e. The molecule has 5 aliphatic rings. The third kappa shape index (κ3) is 3.19. The van der Waals surface area contributed by atoms with E-state index < -0.39 is 28.2 Å². The van der Waals surface area contributed by atoms with Crippen LogP contribution in [0.4, 0.5) is 10.5 Å². The van der Waals surface area contributed by atoms with Crippen LogP contribution in [-0.2, 0) is 16.6 Å². The van der Waals surface area contributed by atoms with Crippen LogP contribution in [0.2, 0.25) is 0 Å². The average Bonchev–Trinajstić information content (AvgIpc) is 3.61. The maximum absolute atomic E-state index is 13.2. The molecule has 2 aromatic carbocycles. The highest BCUT2D eigenvalue weighted by Crippen LogP contribution is 2.68. The van der Waals surface area contributed by atoms with E-state index in [1.807, 2.05) is 6.07 Å². The van der Waals surface area contributed by atoms with Crippen LogP contribution in [0.15, 0.2) is 36.4 Å². The lowest BCUT2D eigenvalue weighted by Gasteiger charge is -2.61. The predicted octanol–water partition coefficient (Wildman–Crippen LogP) is 4.65. The summed E-state index contributed by atoms with van der Waals surface area (Å²) < 4.78 is 17.0. The van der Waals surface area contributed by atoms with Gasteiger partial charge in [0, 0.05) is 24.1 Å². The predicted molar refractivity (Wildman–Crippen MR) is 129 cm³/mol. The number of hydrogen-bond donors (Lipinski definition) is 1. The van der Waals surface area contributed by atoms with Crippen LogP contribution in [0, 0.1) is 27.9 Å². The Kier molecular flexibility index (Phi) is 4.77. The van der Waals surface area contributed by atoms with Crippen LogP contribution in [0.1, 0.15) is 56.1 Å². The van der Waals surface area contributed by atoms with Gasteiger partial charge < -0.3 is 19.3 Å². The Morgan fingerprint density at radius 2 is 1.89 bits per heavy atom. The van der Waals surface area contributed by atoms with Crippen LogP contribution in [-0.4, -0.2) is 33.7 Å². The first-order valence-electron chi connectivity index (χ1n) is 13.0. The van der Waals surface area contributed by atoms with E-state index in [2.05, 4.69) is 0 Å². The van der Waals surface area contributed by atoms with Crippen molar-refractivity contribution in [2.75, 3.05) is 0 Å². The molecule has 192 valence electrons. The fourth-order valence-electron chi connectivity index (χ4n) is 7.73. The Balaban J connectivity index is 1.22. The van der Waals surface area contributed by atoms with Crippen LogP contribution in [0.5, 0.6) is 17.2 Å². The number of aliphatic hydroxyl groups is 1. The molecule has 0 radical (unpaired) electrons. The van der Waals surface area contributed by atoms with Crippen molar-refractivity contribution < 1.29 is 33.8 Å². The second-order valence-corrected chi connectivity index (χ2v) is 11.3. The average molecular weight is 506 g/mol. The highest BCUT2D eigenvalue weighted by atomic mass is 16.7. The monoisotopic (exact) mass is 505 g/mol. The molecule has 5 atom stereocenters. The number of rotatable bonds is 5. The molecule has 2 bridgehead atoms. The van der Waals surface area contributed by atoms with Crippen molar-refractivity contribution in [2.45, 2.75) is 68.5 Å². The number of hydrogen-bond acceptors (Lipinski definition) is 8. The summed E-state index contributed by atoms with van der Waals surface area (Å²) in [6.45, 7) is 0. The summed E-state index contributed by atoms with van der Waals surface area (Å²) in [5.74, 6) is 1.84. The lowest BCUT2D eigenvalue weighted by molar-refractivity contribution is -0.384. The van der Waals surface area contributed by atoms with E-state index in [1.165, 1.54) is 37.1 Å². The molecular weight excluding hydrogens is 478 g/mol. The van der Waals surface area contributed by atoms with Gasteiger partial charge in [0.05, 0.1) is 15.9 Å². The van der Waals surface area contributed by atoms with Crippen LogP contribution < -0.4 is 14.2 Å². The number of Topliss-reactive ketones (excluding diaryl/α,β-unsaturated/α-hetero) is 1. The zero-order chi connectivity index (χ0) is 25.5. The Bertz CT molecular complexity index is 1330. The molecule has 1 aliphatic heterocycles. The van der Waals surface area contributed by atoms with Gasteiger partial charge in [0.2, 0.25) is 0 Å². The summed E-state index contributed by atoms with van der Waals surface area (Å²) in [6.07, 6.45) is 4.91. The summed E-state index contributed by atoms with van der Waals surface area (Å²) >= 11 is 0. The molecule has 3 saturated carbocycles. The molecule has 9 heteroatoms. The summed E-state index contributed by atoms with van der Waals surface area (Å²) in [6, 6.07) is 8.68. The highest BCUT2D eigenvalue weighted by molar-refractivity contribution is 5.90. The molecule has 1 heterocycles. The molecule has 3 fully saturated rings. The zero-order valence-electron chi connectivity index (χ0n) is 20.2. The van der Waals surface area contributed by atoms with Gasteiger partial charge in [-0.1, -0.05) is 18.9 Å². The zero-order valence-corrected chi connectivity index (χ0v) is 20.2. The van der Waals surface area contributed by atoms with Crippen molar-refractivity contribution in [3.05, 3.63) is 57.6 Å². The van der Waals surface area contributed by atoms with E-state index in [1.54, 1.807) is 6.07 Å². The van der Waals surface area contributed by atoms with E-state index in [0.717, 1.165) is 36.3 Å². The number of nitro groups is 1. The molecule has 4 aliphatic carbocycles. The second kappa shape index (κ2) is 7.77. The maximum atomic E-state index is 13.2. The van der Waals surface area contributed by atoms with E-state index in [-0.39, 0.29) is 35.3 Å². The van der Waals surface area contributed by atoms with Crippen LogP contribution >= 0.6 is 0 Å². The normalized spacial score (nSPS) is 32.8. The van der Waals surface area contributed by atoms with Crippen molar-refractivity contribution in [1.29, 1.82) is 0 Å². The molecule has 1 N–H and O–H groups in total. The van der Waals surface area contributed by atoms with Gasteiger partial charge in [-0.25, -0.2) is 4.79 Å². The Labute approximate surface area is 212 Å². The van der Waals surface area contributed by atoms with Crippen molar-refractivity contribution in [3.63, 3.8) is 0 Å². The molecule has 7 rings (SSSR count). The molecular formula is C28H27NO8. The lowest BCUT2D eigenvalue weighted by Crippen LogP contribution is -2.71. The third-order valence-electron chi connectivity index (χ3n) is 9.46. The van der Waals surface area contributed by atoms with Crippen molar-refractivity contribution >= 4 is 17.6 Å². The minimum Gasteiger partial charge on any atom is -0.477 e. The van der Waals surface area contributed by atoms with Crippen molar-refractivity contribution in [2.24, 2.45) is 17.8 Å². The van der Waals surface area contributed by atoms with E-state index in [0.29, 0.717) is 24.5 Å². The fourth-order valence-corrected chi connectivity index (χ4v) is 7.73. The minimum absolute atomic E-state index is 0.0208. The fraction of sp³-hybridized carbons (Fsp3) is 0.500. The first-order chi connectivity index (χ1) is 17.8. The minimum atomic E-state index is -1.03. The quantitative estimate of drug-likeness (QED) is 0.269. The van der Waals surface area contributed by atoms with Gasteiger partial charge >= 0.3 is 6.16 Å². The number of ether oxygens (including phenoxy) is 3. The van der Waals surface area contributed by atoms with Gasteiger partial charge in [-0.3, -0.25) is 14.9 Å². The number of nitrogens with zero attached hydrogens (tertiary/aromatic N) is 1. The van der Waals surface area contributed by atoms with Gasteiger partial charge in [0.1, 0.15) is 5.75 Å². The third-order valence-corrected chi connectivity index (χ3v) is 9.46. The molecule has 0 saturated heterocycles. The molecule has 37 heavy (non-hydrogen) atoms. The Morgan fingerprint density at radius 1 is 1.11 bits per heavy atom. The summed E-state index contributed by atoms with van der Waals surface area (Å²) in [5.41, 5.74) is -0.105. The molecule has 9 nitrogen and oxygen atoms in total. The first kappa shape index (κ1) is 22.7. The SMILES string of the molecule is O=C(Oc1ccc([N+](=O)[O-])cc1)Oc1ccc2c3c1O[C@H]1C(=O)CC[C@@]4(O)[C@@H](C2)[C@H](CC2CC2)CC[C@]314. The standard InChI is InChI=1S/C28H27NO8/c30-21-10-12-28(32)20-14-17-3-8-22(36-26(31)35-19-6-4-18(5-7-19)29(33)34)24-23(17)27(28,25(21)37-24)11-9-16(20)13-15-1-2-15/h3-8,15-16,20,25,32H,1-2,9-14H2/t16-,20-,25-,27-,28+/m0/s1. The molecule has 0 amide bonds. The summed E-state index contributed by atoms with van der Waals surface area (Å²) in [5, 5.41) is 23.2. The van der Waals surface area contributed by atoms with Crippen LogP contribution in [0.3, 0.4) is 0 Å². The highest BCUT2D eigenvalue weighted by Gasteiger charge is 2.73. The number of benzene rings is 2. The molecule has 0 aromatic heterocycles. The smallest absolute Gasteiger partial charge is 0.477 e. The maximum Gasteiger partial charge on any atom is 0.519 e. The van der Waals surface area contributed by atoms with Gasteiger partial charge in [-0.15, -0.1) is 0 Å². The van der Waals surface area contributed by atoms with E-state index in [4.69, 9.17) is 14.2 Å². The number of ketones is 1. The number of carbonyl (C=O) groups excluding carboxylic acids is 2. The van der Waals surface area contributed by atoms with Gasteiger partial charge in [-0.2, -0.15) is 0 Å². The summed E-state index contributed by atoms with van der Waals surface area (Å²) in [4.78, 5) is 36.1. The number of carbonyl (C=O) groups is 2. The second-order valence-electron chi connectivity index (χ2n) is 11.3. The molecule has 2 aromatic rings. The van der Waals surface area contributed by atoms with Gasteiger partial charge in [-0.05, 0) is 73.6 Å². The lowest BCUT2D eigenvalue weighted by atomic mass is 9.43. The van der Waals surface area contributed by atoms with E-state index in [9.17, 15) is 24.8 Å². The Hall–Kier alpha value is -3.46. The van der Waals surface area contributed by atoms with Crippen molar-refractivity contribution in [3.8, 4) is 17.2 Å². The van der Waals surface area contributed by atoms with Gasteiger partial charge in [0.15, 0.2) is 23.4 Å². The van der Waals surface area contributed by atoms with Gasteiger partial charge in [0.25, 0.3) is 5.69 Å². The molecule has 1 spiro atoms. The Morgan fingerprint density at radius 3 is 2.62 bits per heavy atom. The van der Waals surface area contributed by atoms with Crippen LogP contribution in [0.25, 0.3) is 0 Å². The number of non-ortho nitro benzene ring substituents is 1. The topological polar surface area (TPSA) is 125 Å².